The van der Waals surface area contributed by atoms with Crippen molar-refractivity contribution in [3.05, 3.63) is 26.8 Å². The zero-order valence-corrected chi connectivity index (χ0v) is 11.0. The van der Waals surface area contributed by atoms with E-state index in [1.165, 1.54) is 12.1 Å². The van der Waals surface area contributed by atoms with E-state index in [4.69, 9.17) is 11.6 Å². The van der Waals surface area contributed by atoms with Gasteiger partial charge in [-0.3, -0.25) is 0 Å². The molecule has 0 spiro atoms. The van der Waals surface area contributed by atoms with Crippen LogP contribution in [-0.2, 0) is 10.1 Å². The lowest BCUT2D eigenvalue weighted by molar-refractivity contribution is -0.0500. The third kappa shape index (κ3) is 3.14. The second-order valence-electron chi connectivity index (χ2n) is 2.56. The molecule has 0 aromatic heterocycles. The molecule has 16 heavy (non-hydrogen) atoms. The van der Waals surface area contributed by atoms with E-state index in [0.29, 0.717) is 0 Å². The van der Waals surface area contributed by atoms with E-state index in [1.54, 1.807) is 22.6 Å². The molecule has 1 rings (SSSR count). The second kappa shape index (κ2) is 4.57. The summed E-state index contributed by atoms with van der Waals surface area (Å²) < 4.78 is 61.5. The molecule has 9 heteroatoms. The Morgan fingerprint density at radius 2 is 1.88 bits per heavy atom. The zero-order chi connectivity index (χ0) is 12.6. The van der Waals surface area contributed by atoms with Gasteiger partial charge in [-0.25, -0.2) is 0 Å². The lowest BCUT2D eigenvalue weighted by atomic mass is 10.3. The Morgan fingerprint density at radius 1 is 1.31 bits per heavy atom. The molecule has 0 fully saturated rings. The number of alkyl halides is 3. The Labute approximate surface area is 108 Å². The van der Waals surface area contributed by atoms with Crippen LogP contribution in [-0.4, -0.2) is 13.9 Å². The zero-order valence-electron chi connectivity index (χ0n) is 7.25. The summed E-state index contributed by atoms with van der Waals surface area (Å²) in [5, 5.41) is 0.0767. The minimum atomic E-state index is -5.65. The van der Waals surface area contributed by atoms with Gasteiger partial charge in [0.15, 0.2) is 5.75 Å². The van der Waals surface area contributed by atoms with Crippen LogP contribution in [0.25, 0.3) is 0 Å². The maximum atomic E-state index is 12.0. The number of rotatable bonds is 2. The molecule has 0 unspecified atom stereocenters. The second-order valence-corrected chi connectivity index (χ2v) is 5.69. The summed E-state index contributed by atoms with van der Waals surface area (Å²) in [7, 11) is -5.65. The normalized spacial score (nSPS) is 12.6. The standard InChI is InChI=1S/C7H3ClF3IO3S/c8-4-1-2-5(12)6(3-4)15-16(13,14)7(9,10)11/h1-3H. The van der Waals surface area contributed by atoms with Crippen molar-refractivity contribution >= 4 is 44.3 Å². The van der Waals surface area contributed by atoms with Gasteiger partial charge in [0.25, 0.3) is 0 Å². The van der Waals surface area contributed by atoms with Crippen molar-refractivity contribution in [2.45, 2.75) is 5.51 Å². The van der Waals surface area contributed by atoms with Crippen molar-refractivity contribution in [3.63, 3.8) is 0 Å². The molecule has 0 saturated carbocycles. The van der Waals surface area contributed by atoms with Gasteiger partial charge < -0.3 is 4.18 Å². The number of hydrogen-bond donors (Lipinski definition) is 0. The molecule has 0 aliphatic carbocycles. The minimum Gasteiger partial charge on any atom is -0.375 e. The van der Waals surface area contributed by atoms with E-state index in [9.17, 15) is 21.6 Å². The van der Waals surface area contributed by atoms with E-state index in [2.05, 4.69) is 4.18 Å². The monoisotopic (exact) mass is 386 g/mol. The number of hydrogen-bond acceptors (Lipinski definition) is 3. The highest BCUT2D eigenvalue weighted by atomic mass is 127. The van der Waals surface area contributed by atoms with Crippen molar-refractivity contribution in [1.82, 2.24) is 0 Å². The molecular weight excluding hydrogens is 383 g/mol. The fraction of sp³-hybridized carbons (Fsp3) is 0.143. The average molecular weight is 387 g/mol. The smallest absolute Gasteiger partial charge is 0.375 e. The van der Waals surface area contributed by atoms with Crippen LogP contribution in [0.2, 0.25) is 5.02 Å². The molecule has 0 heterocycles. The summed E-state index contributed by atoms with van der Waals surface area (Å²) in [6.07, 6.45) is 0. The molecule has 1 aromatic rings. The molecule has 0 aliphatic heterocycles. The van der Waals surface area contributed by atoms with Gasteiger partial charge in [-0.2, -0.15) is 21.6 Å². The van der Waals surface area contributed by atoms with E-state index < -0.39 is 21.4 Å². The summed E-state index contributed by atoms with van der Waals surface area (Å²) >= 11 is 7.13. The van der Waals surface area contributed by atoms with E-state index in [-0.39, 0.29) is 8.59 Å². The first-order chi connectivity index (χ1) is 7.13. The van der Waals surface area contributed by atoms with Crippen LogP contribution in [0.5, 0.6) is 5.75 Å². The van der Waals surface area contributed by atoms with Crippen LogP contribution in [0.1, 0.15) is 0 Å². The third-order valence-corrected chi connectivity index (χ3v) is 3.47. The number of halogens is 5. The quantitative estimate of drug-likeness (QED) is 0.445. The van der Waals surface area contributed by atoms with Crippen molar-refractivity contribution in [3.8, 4) is 5.75 Å². The lowest BCUT2D eigenvalue weighted by Gasteiger charge is -2.10. The predicted octanol–water partition coefficient (Wildman–Crippen LogP) is 3.17. The Kier molecular flexibility index (Phi) is 3.95. The highest BCUT2D eigenvalue weighted by Crippen LogP contribution is 2.31. The van der Waals surface area contributed by atoms with Gasteiger partial charge in [0.05, 0.1) is 3.57 Å². The molecule has 3 nitrogen and oxygen atoms in total. The number of benzene rings is 1. The Hall–Kier alpha value is -0.220. The van der Waals surface area contributed by atoms with Crippen LogP contribution >= 0.6 is 34.2 Å². The van der Waals surface area contributed by atoms with Gasteiger partial charge in [0.2, 0.25) is 0 Å². The van der Waals surface area contributed by atoms with Gasteiger partial charge in [-0.1, -0.05) is 11.6 Å². The van der Waals surface area contributed by atoms with Crippen LogP contribution in [0.4, 0.5) is 13.2 Å². The molecule has 0 radical (unpaired) electrons. The molecular formula is C7H3ClF3IO3S. The summed E-state index contributed by atoms with van der Waals surface area (Å²) in [6, 6.07) is 3.73. The summed E-state index contributed by atoms with van der Waals surface area (Å²) in [4.78, 5) is 0. The first kappa shape index (κ1) is 13.8. The predicted molar refractivity (Wildman–Crippen MR) is 59.8 cm³/mol. The van der Waals surface area contributed by atoms with Gasteiger partial charge in [-0.05, 0) is 34.7 Å². The fourth-order valence-electron chi connectivity index (χ4n) is 0.706. The van der Waals surface area contributed by atoms with E-state index >= 15 is 0 Å². The van der Waals surface area contributed by atoms with Crippen LogP contribution in [0, 0.1) is 3.57 Å². The average Bonchev–Trinajstić information content (AvgIpc) is 2.09. The molecule has 90 valence electrons. The van der Waals surface area contributed by atoms with Crippen molar-refractivity contribution in [2.24, 2.45) is 0 Å². The molecule has 0 amide bonds. The first-order valence-corrected chi connectivity index (χ1v) is 6.46. The molecule has 0 aliphatic rings. The Morgan fingerprint density at radius 3 is 2.38 bits per heavy atom. The molecule has 0 N–H and O–H groups in total. The molecule has 0 bridgehead atoms. The Bertz CT molecular complexity index is 500. The van der Waals surface area contributed by atoms with E-state index in [0.717, 1.165) is 6.07 Å². The molecule has 1 aromatic carbocycles. The third-order valence-electron chi connectivity index (χ3n) is 1.38. The van der Waals surface area contributed by atoms with Crippen molar-refractivity contribution < 1.29 is 25.8 Å². The van der Waals surface area contributed by atoms with Crippen LogP contribution in [0.3, 0.4) is 0 Å². The highest BCUT2D eigenvalue weighted by Gasteiger charge is 2.48. The minimum absolute atomic E-state index is 0.0767. The summed E-state index contributed by atoms with van der Waals surface area (Å²) in [6.45, 7) is 0. The van der Waals surface area contributed by atoms with E-state index in [1.807, 2.05) is 0 Å². The highest BCUT2D eigenvalue weighted by molar-refractivity contribution is 14.1. The first-order valence-electron chi connectivity index (χ1n) is 3.59. The SMILES string of the molecule is O=S(=O)(Oc1cc(Cl)ccc1I)C(F)(F)F. The topological polar surface area (TPSA) is 43.4 Å². The summed E-state index contributed by atoms with van der Waals surface area (Å²) in [5.41, 5.74) is -5.46. The Balaban J connectivity index is 3.11. The van der Waals surface area contributed by atoms with Crippen LogP contribution in [0.15, 0.2) is 18.2 Å². The maximum Gasteiger partial charge on any atom is 0.534 e. The van der Waals surface area contributed by atoms with Crippen molar-refractivity contribution in [1.29, 1.82) is 0 Å². The molecule has 0 saturated heterocycles. The van der Waals surface area contributed by atoms with Crippen LogP contribution < -0.4 is 4.18 Å². The lowest BCUT2D eigenvalue weighted by Crippen LogP contribution is -2.28. The molecule has 0 atom stereocenters. The van der Waals surface area contributed by atoms with Crippen molar-refractivity contribution in [2.75, 3.05) is 0 Å². The summed E-state index contributed by atoms with van der Waals surface area (Å²) in [5.74, 6) is -0.453. The largest absolute Gasteiger partial charge is 0.534 e. The van der Waals surface area contributed by atoms with Gasteiger partial charge in [0, 0.05) is 11.1 Å². The van der Waals surface area contributed by atoms with Gasteiger partial charge in [-0.15, -0.1) is 0 Å². The van der Waals surface area contributed by atoms with Gasteiger partial charge in [0.1, 0.15) is 0 Å². The maximum absolute atomic E-state index is 12.0. The van der Waals surface area contributed by atoms with Gasteiger partial charge >= 0.3 is 15.6 Å². The fourth-order valence-corrected chi connectivity index (χ4v) is 1.93.